The van der Waals surface area contributed by atoms with E-state index in [2.05, 4.69) is 10.6 Å². The molecular formula is C24H32N2O4S. The molecule has 1 aromatic heterocycles. The molecule has 4 atom stereocenters. The average molecular weight is 445 g/mol. The Morgan fingerprint density at radius 2 is 1.58 bits per heavy atom. The molecule has 6 nitrogen and oxygen atoms in total. The molecule has 1 heterocycles. The number of aliphatic carboxylic acids is 1. The van der Waals surface area contributed by atoms with E-state index in [1.807, 2.05) is 0 Å². The summed E-state index contributed by atoms with van der Waals surface area (Å²) in [6.07, 6.45) is 12.3. The monoisotopic (exact) mass is 444 g/mol. The fraction of sp³-hybridized carbons (Fsp3) is 0.708. The molecule has 5 rings (SSSR count). The van der Waals surface area contributed by atoms with Gasteiger partial charge in [-0.3, -0.25) is 14.4 Å². The highest BCUT2D eigenvalue weighted by Crippen LogP contribution is 2.53. The molecule has 4 aliphatic carbocycles. The zero-order chi connectivity index (χ0) is 21.5. The fourth-order valence-electron chi connectivity index (χ4n) is 6.62. The highest BCUT2D eigenvalue weighted by molar-refractivity contribution is 7.17. The highest BCUT2D eigenvalue weighted by atomic mass is 32.1. The zero-order valence-electron chi connectivity index (χ0n) is 18.0. The first-order valence-corrected chi connectivity index (χ1v) is 12.8. The van der Waals surface area contributed by atoms with Crippen LogP contribution in [0.2, 0.25) is 0 Å². The predicted octanol–water partition coefficient (Wildman–Crippen LogP) is 4.37. The molecule has 1 aromatic rings. The molecule has 4 aliphatic rings. The first-order chi connectivity index (χ1) is 15.0. The first-order valence-electron chi connectivity index (χ1n) is 12.0. The van der Waals surface area contributed by atoms with Gasteiger partial charge in [-0.15, -0.1) is 11.3 Å². The molecule has 7 heteroatoms. The van der Waals surface area contributed by atoms with Gasteiger partial charge in [-0.1, -0.05) is 19.3 Å². The molecule has 2 bridgehead atoms. The highest BCUT2D eigenvalue weighted by Gasteiger charge is 2.54. The Bertz CT molecular complexity index is 888. The average Bonchev–Trinajstić information content (AvgIpc) is 3.46. The number of carboxylic acid groups (broad SMARTS) is 1. The predicted molar refractivity (Wildman–Crippen MR) is 119 cm³/mol. The minimum absolute atomic E-state index is 0.0654. The molecule has 0 saturated heterocycles. The van der Waals surface area contributed by atoms with E-state index in [9.17, 15) is 19.5 Å². The number of thiophene rings is 1. The van der Waals surface area contributed by atoms with E-state index in [1.165, 1.54) is 22.6 Å². The number of hydrogen-bond acceptors (Lipinski definition) is 4. The van der Waals surface area contributed by atoms with Crippen LogP contribution in [0.25, 0.3) is 0 Å². The number of hydrogen-bond donors (Lipinski definition) is 3. The number of carbonyl (C=O) groups excluding carboxylic acids is 2. The maximum atomic E-state index is 13.3. The van der Waals surface area contributed by atoms with Crippen LogP contribution in [-0.4, -0.2) is 28.9 Å². The standard InChI is InChI=1S/C24H32N2O4S/c27-21(18-13-10-11-14(12-13)19(18)24(29)30)26-23-20(16-8-4-5-9-17(16)31-23)22(28)25-15-6-2-1-3-7-15/h13-15,18-19H,1-12H2,(H,25,28)(H,26,27)(H,29,30)/t13-,14+,18-,19-/m0/s1. The van der Waals surface area contributed by atoms with E-state index < -0.39 is 17.8 Å². The van der Waals surface area contributed by atoms with Crippen molar-refractivity contribution < 1.29 is 19.5 Å². The number of carbonyl (C=O) groups is 3. The topological polar surface area (TPSA) is 95.5 Å². The Balaban J connectivity index is 1.39. The number of nitrogens with one attached hydrogen (secondary N) is 2. The van der Waals surface area contributed by atoms with Crippen LogP contribution in [0.3, 0.4) is 0 Å². The molecule has 0 radical (unpaired) electrons. The van der Waals surface area contributed by atoms with Crippen LogP contribution in [0.1, 0.15) is 85.0 Å². The summed E-state index contributed by atoms with van der Waals surface area (Å²) in [5.41, 5.74) is 1.75. The number of aryl methyl sites for hydroxylation is 1. The summed E-state index contributed by atoms with van der Waals surface area (Å²) < 4.78 is 0. The molecule has 2 amide bonds. The van der Waals surface area contributed by atoms with Crippen molar-refractivity contribution in [3.05, 3.63) is 16.0 Å². The minimum Gasteiger partial charge on any atom is -0.481 e. The molecule has 0 unspecified atom stereocenters. The molecule has 3 N–H and O–H groups in total. The van der Waals surface area contributed by atoms with Gasteiger partial charge in [0.25, 0.3) is 5.91 Å². The lowest BCUT2D eigenvalue weighted by molar-refractivity contribution is -0.148. The SMILES string of the molecule is O=C(NC1CCCCC1)c1c(NC(=O)[C@H]2[C@H]3CC[C@H](C3)[C@@H]2C(=O)O)sc2c1CCCC2. The quantitative estimate of drug-likeness (QED) is 0.628. The van der Waals surface area contributed by atoms with Crippen molar-refractivity contribution in [2.24, 2.45) is 23.7 Å². The lowest BCUT2D eigenvalue weighted by atomic mass is 9.78. The van der Waals surface area contributed by atoms with Gasteiger partial charge in [0, 0.05) is 10.9 Å². The number of anilines is 1. The Hall–Kier alpha value is -1.89. The largest absolute Gasteiger partial charge is 0.481 e. The van der Waals surface area contributed by atoms with Crippen molar-refractivity contribution in [3.63, 3.8) is 0 Å². The summed E-state index contributed by atoms with van der Waals surface area (Å²) >= 11 is 1.53. The Kier molecular flexibility index (Phi) is 5.80. The summed E-state index contributed by atoms with van der Waals surface area (Å²) in [5, 5.41) is 16.7. The molecular weight excluding hydrogens is 412 g/mol. The first kappa shape index (κ1) is 21.0. The second kappa shape index (κ2) is 8.57. The molecule has 3 fully saturated rings. The van der Waals surface area contributed by atoms with Crippen LogP contribution < -0.4 is 10.6 Å². The summed E-state index contributed by atoms with van der Waals surface area (Å²) in [6.45, 7) is 0. The van der Waals surface area contributed by atoms with Crippen LogP contribution in [0.4, 0.5) is 5.00 Å². The normalized spacial score (nSPS) is 30.1. The molecule has 3 saturated carbocycles. The van der Waals surface area contributed by atoms with Crippen LogP contribution in [0, 0.1) is 23.7 Å². The van der Waals surface area contributed by atoms with Crippen molar-refractivity contribution in [3.8, 4) is 0 Å². The summed E-state index contributed by atoms with van der Waals surface area (Å²) in [7, 11) is 0. The third-order valence-corrected chi connectivity index (χ3v) is 9.29. The Morgan fingerprint density at radius 3 is 2.32 bits per heavy atom. The molecule has 168 valence electrons. The van der Waals surface area contributed by atoms with E-state index in [0.29, 0.717) is 10.6 Å². The van der Waals surface area contributed by atoms with E-state index in [4.69, 9.17) is 0 Å². The van der Waals surface area contributed by atoms with Crippen molar-refractivity contribution in [1.82, 2.24) is 5.32 Å². The third kappa shape index (κ3) is 3.90. The maximum Gasteiger partial charge on any atom is 0.307 e. The fourth-order valence-corrected chi connectivity index (χ4v) is 7.91. The Morgan fingerprint density at radius 1 is 0.871 bits per heavy atom. The van der Waals surface area contributed by atoms with E-state index >= 15 is 0 Å². The summed E-state index contributed by atoms with van der Waals surface area (Å²) in [5.74, 6) is -1.93. The smallest absolute Gasteiger partial charge is 0.307 e. The molecule has 0 aliphatic heterocycles. The van der Waals surface area contributed by atoms with Crippen LogP contribution in [0.5, 0.6) is 0 Å². The number of rotatable bonds is 5. The van der Waals surface area contributed by atoms with Gasteiger partial charge in [-0.05, 0) is 75.2 Å². The minimum atomic E-state index is -0.854. The van der Waals surface area contributed by atoms with Gasteiger partial charge >= 0.3 is 5.97 Å². The third-order valence-electron chi connectivity index (χ3n) is 8.08. The van der Waals surface area contributed by atoms with Crippen molar-refractivity contribution in [1.29, 1.82) is 0 Å². The summed E-state index contributed by atoms with van der Waals surface area (Å²) in [4.78, 5) is 39.7. The van der Waals surface area contributed by atoms with Gasteiger partial charge < -0.3 is 15.7 Å². The molecule has 0 aromatic carbocycles. The molecule has 31 heavy (non-hydrogen) atoms. The number of amides is 2. The van der Waals surface area contributed by atoms with Crippen LogP contribution in [-0.2, 0) is 22.4 Å². The molecule has 0 spiro atoms. The van der Waals surface area contributed by atoms with Gasteiger partial charge in [0.05, 0.1) is 17.4 Å². The van der Waals surface area contributed by atoms with E-state index in [0.717, 1.165) is 76.2 Å². The maximum absolute atomic E-state index is 13.3. The van der Waals surface area contributed by atoms with Gasteiger partial charge in [0.15, 0.2) is 0 Å². The van der Waals surface area contributed by atoms with Crippen LogP contribution in [0.15, 0.2) is 0 Å². The van der Waals surface area contributed by atoms with Crippen LogP contribution >= 0.6 is 11.3 Å². The lowest BCUT2D eigenvalue weighted by Gasteiger charge is -2.27. The Labute approximate surface area is 187 Å². The van der Waals surface area contributed by atoms with Gasteiger partial charge in [-0.2, -0.15) is 0 Å². The van der Waals surface area contributed by atoms with Crippen molar-refractivity contribution in [2.75, 3.05) is 5.32 Å². The second-order valence-electron chi connectivity index (χ2n) is 9.94. The van der Waals surface area contributed by atoms with E-state index in [1.54, 1.807) is 0 Å². The van der Waals surface area contributed by atoms with Gasteiger partial charge in [0.2, 0.25) is 5.91 Å². The number of fused-ring (bicyclic) bond motifs is 3. The van der Waals surface area contributed by atoms with Gasteiger partial charge in [0.1, 0.15) is 5.00 Å². The zero-order valence-corrected chi connectivity index (χ0v) is 18.8. The van der Waals surface area contributed by atoms with Crippen molar-refractivity contribution in [2.45, 2.75) is 83.1 Å². The number of carboxylic acids is 1. The van der Waals surface area contributed by atoms with Crippen molar-refractivity contribution >= 4 is 34.1 Å². The summed E-state index contributed by atoms with van der Waals surface area (Å²) in [6, 6.07) is 0.214. The second-order valence-corrected chi connectivity index (χ2v) is 11.0. The lowest BCUT2D eigenvalue weighted by Crippen LogP contribution is -2.39. The van der Waals surface area contributed by atoms with E-state index in [-0.39, 0.29) is 29.7 Å². The van der Waals surface area contributed by atoms with Gasteiger partial charge in [-0.25, -0.2) is 0 Å².